The minimum atomic E-state index is -3.67. The van der Waals surface area contributed by atoms with E-state index < -0.39 is 9.84 Å². The molecule has 2 aromatic carbocycles. The van der Waals surface area contributed by atoms with Crippen molar-refractivity contribution in [3.63, 3.8) is 0 Å². The van der Waals surface area contributed by atoms with Crippen molar-refractivity contribution >= 4 is 14.7 Å². The van der Waals surface area contributed by atoms with Gasteiger partial charge in [-0.05, 0) is 17.7 Å². The maximum atomic E-state index is 12.7. The van der Waals surface area contributed by atoms with Gasteiger partial charge >= 0.3 is 0 Å². The molecule has 0 aliphatic carbocycles. The first-order chi connectivity index (χ1) is 10.2. The van der Waals surface area contributed by atoms with Crippen molar-refractivity contribution in [2.24, 2.45) is 0 Å². The number of ether oxygens (including phenoxy) is 1. The molecule has 4 heteroatoms. The molecule has 0 amide bonds. The molecular weight excluding hydrogens is 284 g/mol. The summed E-state index contributed by atoms with van der Waals surface area (Å²) in [4.78, 5) is 0.300. The van der Waals surface area contributed by atoms with Crippen molar-refractivity contribution in [3.8, 4) is 12.3 Å². The second-order valence-electron chi connectivity index (χ2n) is 4.18. The molecule has 2 rings (SSSR count). The molecule has 0 aromatic heterocycles. The highest BCUT2D eigenvalue weighted by molar-refractivity contribution is 8.00. The molecule has 0 aliphatic heterocycles. The molecule has 3 nitrogen and oxygen atoms in total. The molecule has 0 fully saturated rings. The Labute approximate surface area is 124 Å². The van der Waals surface area contributed by atoms with Crippen molar-refractivity contribution in [3.05, 3.63) is 72.5 Å². The summed E-state index contributed by atoms with van der Waals surface area (Å²) < 4.78 is 30.6. The summed E-state index contributed by atoms with van der Waals surface area (Å²) in [5, 5.41) is 0. The zero-order valence-corrected chi connectivity index (χ0v) is 12.1. The van der Waals surface area contributed by atoms with Crippen molar-refractivity contribution in [1.29, 1.82) is 0 Å². The van der Waals surface area contributed by atoms with Crippen LogP contribution in [0.25, 0.3) is 4.91 Å². The van der Waals surface area contributed by atoms with Crippen LogP contribution in [-0.4, -0.2) is 15.0 Å². The first-order valence-electron chi connectivity index (χ1n) is 6.27. The molecule has 21 heavy (non-hydrogen) atoms. The van der Waals surface area contributed by atoms with Gasteiger partial charge < -0.3 is 4.74 Å². The van der Waals surface area contributed by atoms with Crippen LogP contribution in [-0.2, 0) is 14.6 Å². The van der Waals surface area contributed by atoms with E-state index in [0.717, 1.165) is 0 Å². The van der Waals surface area contributed by atoms with Gasteiger partial charge in [-0.1, -0.05) is 54.5 Å². The fraction of sp³-hybridized carbons (Fsp3) is 0.0588. The number of terminal acetylenes is 1. The monoisotopic (exact) mass is 298 g/mol. The summed E-state index contributed by atoms with van der Waals surface area (Å²) >= 11 is 0. The smallest absolute Gasteiger partial charge is 0.210 e. The largest absolute Gasteiger partial charge is 0.487 e. The molecule has 0 heterocycles. The van der Waals surface area contributed by atoms with Crippen LogP contribution in [0.2, 0.25) is 0 Å². The highest BCUT2D eigenvalue weighted by atomic mass is 32.2. The summed E-state index contributed by atoms with van der Waals surface area (Å²) in [5.41, 5.74) is 0.554. The Bertz CT molecular complexity index is 755. The molecule has 0 bridgehead atoms. The molecule has 0 atom stereocenters. The van der Waals surface area contributed by atoms with Gasteiger partial charge in [0.2, 0.25) is 9.84 Å². The lowest BCUT2D eigenvalue weighted by atomic mass is 10.2. The predicted octanol–water partition coefficient (Wildman–Crippen LogP) is 3.11. The Morgan fingerprint density at radius 3 is 2.19 bits per heavy atom. The first-order valence-corrected chi connectivity index (χ1v) is 7.75. The van der Waals surface area contributed by atoms with Crippen LogP contribution in [0.1, 0.15) is 5.56 Å². The van der Waals surface area contributed by atoms with Gasteiger partial charge in [-0.3, -0.25) is 0 Å². The summed E-state index contributed by atoms with van der Waals surface area (Å²) in [6.45, 7) is 0.0145. The third-order valence-corrected chi connectivity index (χ3v) is 4.56. The Hall–Kier alpha value is -2.51. The van der Waals surface area contributed by atoms with E-state index in [4.69, 9.17) is 11.2 Å². The van der Waals surface area contributed by atoms with Gasteiger partial charge in [-0.15, -0.1) is 6.42 Å². The van der Waals surface area contributed by atoms with E-state index in [0.29, 0.717) is 5.56 Å². The normalized spacial score (nSPS) is 11.7. The molecule has 0 aliphatic rings. The molecule has 0 unspecified atom stereocenters. The first kappa shape index (κ1) is 14.9. The van der Waals surface area contributed by atoms with Crippen LogP contribution >= 0.6 is 0 Å². The summed E-state index contributed by atoms with van der Waals surface area (Å²) in [6.07, 6.45) is 6.33. The van der Waals surface area contributed by atoms with Crippen LogP contribution in [0.15, 0.2) is 71.8 Å². The molecule has 0 spiro atoms. The zero-order valence-electron chi connectivity index (χ0n) is 11.3. The van der Waals surface area contributed by atoms with Gasteiger partial charge in [0.15, 0.2) is 0 Å². The molecule has 0 saturated heterocycles. The summed E-state index contributed by atoms with van der Waals surface area (Å²) in [7, 11) is -3.67. The molecule has 106 valence electrons. The summed E-state index contributed by atoms with van der Waals surface area (Å²) in [5.74, 6) is 2.30. The highest BCUT2D eigenvalue weighted by Crippen LogP contribution is 2.27. The van der Waals surface area contributed by atoms with E-state index in [1.165, 1.54) is 6.26 Å². The molecule has 0 N–H and O–H groups in total. The second kappa shape index (κ2) is 6.78. The second-order valence-corrected chi connectivity index (χ2v) is 6.10. The number of rotatable bonds is 5. The van der Waals surface area contributed by atoms with E-state index >= 15 is 0 Å². The number of hydrogen-bond donors (Lipinski definition) is 0. The van der Waals surface area contributed by atoms with Gasteiger partial charge in [0.05, 0.1) is 4.90 Å². The third kappa shape index (κ3) is 3.53. The molecule has 2 aromatic rings. The van der Waals surface area contributed by atoms with E-state index in [-0.39, 0.29) is 16.4 Å². The number of benzene rings is 2. The zero-order chi connectivity index (χ0) is 15.1. The van der Waals surface area contributed by atoms with Crippen molar-refractivity contribution in [2.75, 3.05) is 6.61 Å². The van der Waals surface area contributed by atoms with Gasteiger partial charge in [0.25, 0.3) is 0 Å². The molecular formula is C17H14O3S. The topological polar surface area (TPSA) is 43.4 Å². The minimum absolute atomic E-state index is 0.0145. The number of sulfone groups is 1. The Kier molecular flexibility index (Phi) is 4.81. The van der Waals surface area contributed by atoms with Crippen LogP contribution in [0.3, 0.4) is 0 Å². The standard InChI is InChI=1S/C17H14O3S/c1-2-13-20-14-17(15-9-5-3-6-10-15)21(18,19)16-11-7-4-8-12-16/h1,3-12,14H,13H2/b17-14+. The van der Waals surface area contributed by atoms with Crippen LogP contribution < -0.4 is 0 Å². The van der Waals surface area contributed by atoms with E-state index in [2.05, 4.69) is 5.92 Å². The quantitative estimate of drug-likeness (QED) is 0.484. The SMILES string of the molecule is C#CCO/C=C(\c1ccccc1)S(=O)(=O)c1ccccc1. The number of hydrogen-bond acceptors (Lipinski definition) is 3. The Balaban J connectivity index is 2.51. The highest BCUT2D eigenvalue weighted by Gasteiger charge is 2.22. The summed E-state index contributed by atoms with van der Waals surface area (Å²) in [6, 6.07) is 17.0. The van der Waals surface area contributed by atoms with Crippen LogP contribution in [0.5, 0.6) is 0 Å². The van der Waals surface area contributed by atoms with E-state index in [1.54, 1.807) is 54.6 Å². The lowest BCUT2D eigenvalue weighted by molar-refractivity contribution is 0.299. The van der Waals surface area contributed by atoms with Gasteiger partial charge in [0.1, 0.15) is 17.8 Å². The predicted molar refractivity (Wildman–Crippen MR) is 82.8 cm³/mol. The lowest BCUT2D eigenvalue weighted by Gasteiger charge is -2.09. The van der Waals surface area contributed by atoms with Crippen LogP contribution in [0.4, 0.5) is 0 Å². The fourth-order valence-corrected chi connectivity index (χ4v) is 3.19. The lowest BCUT2D eigenvalue weighted by Crippen LogP contribution is -2.05. The molecule has 0 saturated carbocycles. The van der Waals surface area contributed by atoms with Crippen molar-refractivity contribution in [2.45, 2.75) is 4.90 Å². The van der Waals surface area contributed by atoms with Crippen LogP contribution in [0, 0.1) is 12.3 Å². The van der Waals surface area contributed by atoms with Gasteiger partial charge in [0, 0.05) is 0 Å². The average Bonchev–Trinajstić information content (AvgIpc) is 2.53. The Morgan fingerprint density at radius 2 is 1.62 bits per heavy atom. The van der Waals surface area contributed by atoms with Crippen molar-refractivity contribution < 1.29 is 13.2 Å². The van der Waals surface area contributed by atoms with Gasteiger partial charge in [-0.25, -0.2) is 8.42 Å². The Morgan fingerprint density at radius 1 is 1.05 bits per heavy atom. The van der Waals surface area contributed by atoms with E-state index in [1.807, 2.05) is 6.07 Å². The van der Waals surface area contributed by atoms with Gasteiger partial charge in [-0.2, -0.15) is 0 Å². The maximum absolute atomic E-state index is 12.7. The third-order valence-electron chi connectivity index (χ3n) is 2.76. The fourth-order valence-electron chi connectivity index (χ4n) is 1.78. The van der Waals surface area contributed by atoms with E-state index in [9.17, 15) is 8.42 Å². The minimum Gasteiger partial charge on any atom is -0.487 e. The maximum Gasteiger partial charge on any atom is 0.210 e. The molecule has 0 radical (unpaired) electrons. The average molecular weight is 298 g/mol. The van der Waals surface area contributed by atoms with Crippen molar-refractivity contribution in [1.82, 2.24) is 0 Å².